The second kappa shape index (κ2) is 8.04. The van der Waals surface area contributed by atoms with Gasteiger partial charge in [-0.3, -0.25) is 9.36 Å². The van der Waals surface area contributed by atoms with Crippen molar-refractivity contribution in [2.75, 3.05) is 12.8 Å². The van der Waals surface area contributed by atoms with Crippen LogP contribution >= 0.6 is 11.8 Å². The van der Waals surface area contributed by atoms with Gasteiger partial charge in [-0.05, 0) is 50.3 Å². The third-order valence-corrected chi connectivity index (χ3v) is 5.49. The van der Waals surface area contributed by atoms with Crippen LogP contribution in [0.2, 0.25) is 0 Å². The van der Waals surface area contributed by atoms with Crippen LogP contribution in [0, 0.1) is 5.82 Å². The lowest BCUT2D eigenvalue weighted by molar-refractivity contribution is 0.0639. The van der Waals surface area contributed by atoms with E-state index in [1.165, 1.54) is 43.2 Å². The summed E-state index contributed by atoms with van der Waals surface area (Å²) in [6.45, 7) is 2.72. The van der Waals surface area contributed by atoms with Crippen molar-refractivity contribution < 1.29 is 9.18 Å². The number of halogens is 1. The molecule has 0 atom stereocenters. The number of hydrogen-bond donors (Lipinski definition) is 0. The van der Waals surface area contributed by atoms with Crippen LogP contribution in [0.5, 0.6) is 0 Å². The quantitative estimate of drug-likeness (QED) is 0.735. The van der Waals surface area contributed by atoms with Gasteiger partial charge < -0.3 is 4.90 Å². The largest absolute Gasteiger partial charge is 0.335 e. The van der Waals surface area contributed by atoms with Gasteiger partial charge in [0.15, 0.2) is 5.16 Å². The molecule has 1 amide bonds. The Balaban J connectivity index is 1.97. The molecule has 134 valence electrons. The molecule has 0 radical (unpaired) electrons. The zero-order chi connectivity index (χ0) is 17.8. The minimum Gasteiger partial charge on any atom is -0.335 e. The third kappa shape index (κ3) is 3.73. The Morgan fingerprint density at radius 2 is 1.96 bits per heavy atom. The first-order valence-corrected chi connectivity index (χ1v) is 10.1. The highest BCUT2D eigenvalue weighted by atomic mass is 32.2. The summed E-state index contributed by atoms with van der Waals surface area (Å²) in [5.74, 6) is -0.286. The summed E-state index contributed by atoms with van der Waals surface area (Å²) < 4.78 is 15.1. The molecule has 1 aromatic carbocycles. The molecular weight excluding hydrogens is 337 g/mol. The fraction of sp³-hybridized carbons (Fsp3) is 0.474. The lowest BCUT2D eigenvalue weighted by Crippen LogP contribution is -2.42. The van der Waals surface area contributed by atoms with E-state index in [9.17, 15) is 9.18 Å². The van der Waals surface area contributed by atoms with Crippen LogP contribution in [-0.2, 0) is 0 Å². The van der Waals surface area contributed by atoms with Crippen molar-refractivity contribution in [2.24, 2.45) is 0 Å². The van der Waals surface area contributed by atoms with E-state index in [2.05, 4.69) is 4.98 Å². The molecular formula is C19H24FN3OS. The maximum Gasteiger partial charge on any atom is 0.272 e. The first kappa shape index (κ1) is 18.0. The van der Waals surface area contributed by atoms with Gasteiger partial charge in [0.05, 0.1) is 6.20 Å². The molecule has 0 N–H and O–H groups in total. The first-order valence-electron chi connectivity index (χ1n) is 8.84. The van der Waals surface area contributed by atoms with Gasteiger partial charge in [-0.15, -0.1) is 0 Å². The van der Waals surface area contributed by atoms with Crippen molar-refractivity contribution in [3.05, 3.63) is 42.0 Å². The second-order valence-electron chi connectivity index (χ2n) is 6.32. The van der Waals surface area contributed by atoms with Crippen LogP contribution in [-0.4, -0.2) is 39.2 Å². The van der Waals surface area contributed by atoms with E-state index in [0.29, 0.717) is 18.3 Å². The summed E-state index contributed by atoms with van der Waals surface area (Å²) in [5, 5.41) is 0.731. The molecule has 25 heavy (non-hydrogen) atoms. The van der Waals surface area contributed by atoms with Gasteiger partial charge in [0, 0.05) is 18.3 Å². The van der Waals surface area contributed by atoms with E-state index in [0.717, 1.165) is 23.7 Å². The van der Waals surface area contributed by atoms with Crippen molar-refractivity contribution >= 4 is 17.7 Å². The molecule has 0 spiro atoms. The van der Waals surface area contributed by atoms with Crippen molar-refractivity contribution in [3.63, 3.8) is 0 Å². The highest BCUT2D eigenvalue weighted by Crippen LogP contribution is 2.27. The Morgan fingerprint density at radius 1 is 1.28 bits per heavy atom. The smallest absolute Gasteiger partial charge is 0.272 e. The van der Waals surface area contributed by atoms with Gasteiger partial charge in [-0.2, -0.15) is 0 Å². The number of thioether (sulfide) groups is 1. The lowest BCUT2D eigenvalue weighted by Gasteiger charge is -2.33. The minimum absolute atomic E-state index is 0.00604. The normalized spacial score (nSPS) is 15.3. The van der Waals surface area contributed by atoms with Gasteiger partial charge in [-0.25, -0.2) is 9.37 Å². The topological polar surface area (TPSA) is 38.1 Å². The second-order valence-corrected chi connectivity index (χ2v) is 7.10. The number of carbonyl (C=O) groups is 1. The summed E-state index contributed by atoms with van der Waals surface area (Å²) in [4.78, 5) is 19.6. The molecule has 3 rings (SSSR count). The van der Waals surface area contributed by atoms with E-state index >= 15 is 0 Å². The van der Waals surface area contributed by atoms with Crippen molar-refractivity contribution in [1.29, 1.82) is 0 Å². The number of imidazole rings is 1. The molecule has 1 fully saturated rings. The molecule has 6 heteroatoms. The molecule has 1 saturated carbocycles. The maximum atomic E-state index is 13.3. The highest BCUT2D eigenvalue weighted by Gasteiger charge is 2.28. The molecule has 0 unspecified atom stereocenters. The molecule has 1 aromatic heterocycles. The zero-order valence-electron chi connectivity index (χ0n) is 14.7. The van der Waals surface area contributed by atoms with E-state index in [1.807, 2.05) is 22.6 Å². The molecule has 0 aliphatic heterocycles. The van der Waals surface area contributed by atoms with Crippen molar-refractivity contribution in [2.45, 2.75) is 50.2 Å². The van der Waals surface area contributed by atoms with Gasteiger partial charge in [0.2, 0.25) is 0 Å². The number of hydrogen-bond acceptors (Lipinski definition) is 3. The number of rotatable bonds is 5. The summed E-state index contributed by atoms with van der Waals surface area (Å²) in [6.07, 6.45) is 9.33. The number of nitrogens with zero attached hydrogens (tertiary/aromatic N) is 3. The Morgan fingerprint density at radius 3 is 2.56 bits per heavy atom. The van der Waals surface area contributed by atoms with Crippen LogP contribution in [0.3, 0.4) is 0 Å². The van der Waals surface area contributed by atoms with Crippen LogP contribution in [0.4, 0.5) is 4.39 Å². The van der Waals surface area contributed by atoms with Crippen LogP contribution in [0.1, 0.15) is 49.5 Å². The third-order valence-electron chi connectivity index (χ3n) is 4.83. The molecule has 1 aliphatic rings. The van der Waals surface area contributed by atoms with Gasteiger partial charge >= 0.3 is 0 Å². The molecule has 4 nitrogen and oxygen atoms in total. The number of amides is 1. The molecule has 0 bridgehead atoms. The first-order chi connectivity index (χ1) is 12.2. The summed E-state index contributed by atoms with van der Waals surface area (Å²) >= 11 is 1.47. The van der Waals surface area contributed by atoms with Crippen LogP contribution < -0.4 is 0 Å². The predicted octanol–water partition coefficient (Wildman–Crippen LogP) is 4.53. The molecule has 1 heterocycles. The SMILES string of the molecule is CCN(C(=O)c1cnc(SC)n1-c1ccc(F)cc1)C1CCCCC1. The number of benzene rings is 1. The molecule has 2 aromatic rings. The van der Waals surface area contributed by atoms with Gasteiger partial charge in [0.25, 0.3) is 5.91 Å². The van der Waals surface area contributed by atoms with Crippen LogP contribution in [0.25, 0.3) is 5.69 Å². The summed E-state index contributed by atoms with van der Waals surface area (Å²) in [7, 11) is 0. The number of aromatic nitrogens is 2. The van der Waals surface area contributed by atoms with Crippen LogP contribution in [0.15, 0.2) is 35.6 Å². The fourth-order valence-corrected chi connectivity index (χ4v) is 4.12. The monoisotopic (exact) mass is 361 g/mol. The Bertz CT molecular complexity index is 723. The lowest BCUT2D eigenvalue weighted by atomic mass is 9.94. The highest BCUT2D eigenvalue weighted by molar-refractivity contribution is 7.98. The van der Waals surface area contributed by atoms with Gasteiger partial charge in [-0.1, -0.05) is 31.0 Å². The Kier molecular flexibility index (Phi) is 5.78. The zero-order valence-corrected chi connectivity index (χ0v) is 15.6. The van der Waals surface area contributed by atoms with E-state index in [4.69, 9.17) is 0 Å². The van der Waals surface area contributed by atoms with E-state index in [1.54, 1.807) is 18.3 Å². The number of carbonyl (C=O) groups excluding carboxylic acids is 1. The van der Waals surface area contributed by atoms with Crippen molar-refractivity contribution in [3.8, 4) is 5.69 Å². The summed E-state index contributed by atoms with van der Waals surface area (Å²) in [6, 6.07) is 6.49. The fourth-order valence-electron chi connectivity index (χ4n) is 3.58. The van der Waals surface area contributed by atoms with Gasteiger partial charge in [0.1, 0.15) is 11.5 Å². The predicted molar refractivity (Wildman–Crippen MR) is 98.9 cm³/mol. The average molecular weight is 361 g/mol. The average Bonchev–Trinajstić information content (AvgIpc) is 3.08. The standard InChI is InChI=1S/C19H24FN3OS/c1-3-22(15-7-5-4-6-8-15)18(24)17-13-21-19(25-2)23(17)16-11-9-14(20)10-12-16/h9-13,15H,3-8H2,1-2H3. The minimum atomic E-state index is -0.292. The Hall–Kier alpha value is -1.82. The Labute approximate surface area is 152 Å². The maximum absolute atomic E-state index is 13.3. The van der Waals surface area contributed by atoms with E-state index < -0.39 is 0 Å². The van der Waals surface area contributed by atoms with E-state index in [-0.39, 0.29) is 11.7 Å². The molecule has 0 saturated heterocycles. The summed E-state index contributed by atoms with van der Waals surface area (Å²) in [5.41, 5.74) is 1.30. The molecule has 1 aliphatic carbocycles. The van der Waals surface area contributed by atoms with Crippen molar-refractivity contribution in [1.82, 2.24) is 14.5 Å².